The first-order valence-corrected chi connectivity index (χ1v) is 12.4. The Balaban J connectivity index is 1.55. The van der Waals surface area contributed by atoms with E-state index in [1.807, 2.05) is 84.3 Å². The maximum absolute atomic E-state index is 14.0. The van der Waals surface area contributed by atoms with Crippen LogP contribution in [0.1, 0.15) is 17.0 Å². The first kappa shape index (κ1) is 23.2. The first-order valence-electron chi connectivity index (χ1n) is 12.1. The minimum absolute atomic E-state index is 0.153. The standard InChI is InChI=1S/C29H24ClN5O2/c1-18-31-27-25(29(36)35(18)17-20-7-3-4-8-22(20)30)26-28(33-24-10-6-5-9-23(24)32-26)34(27)16-15-19-11-13-21(37-2)14-12-19/h3-14H,15-17H2,1-2H3. The molecule has 3 aromatic heterocycles. The second-order valence-corrected chi connectivity index (χ2v) is 9.38. The van der Waals surface area contributed by atoms with E-state index in [9.17, 15) is 4.79 Å². The zero-order chi connectivity index (χ0) is 25.5. The number of hydrogen-bond acceptors (Lipinski definition) is 5. The molecule has 0 aliphatic rings. The van der Waals surface area contributed by atoms with Gasteiger partial charge in [-0.25, -0.2) is 15.0 Å². The summed E-state index contributed by atoms with van der Waals surface area (Å²) in [4.78, 5) is 28.7. The number of ether oxygens (including phenoxy) is 1. The van der Waals surface area contributed by atoms with E-state index >= 15 is 0 Å². The Labute approximate surface area is 218 Å². The van der Waals surface area contributed by atoms with E-state index in [1.54, 1.807) is 11.7 Å². The SMILES string of the molecule is COc1ccc(CCn2c3nc4ccccc4nc3c3c(=O)n(Cc4ccccc4Cl)c(C)nc32)cc1. The average molecular weight is 510 g/mol. The number of rotatable bonds is 6. The van der Waals surface area contributed by atoms with Gasteiger partial charge in [-0.1, -0.05) is 54.1 Å². The van der Waals surface area contributed by atoms with Crippen LogP contribution in [0.25, 0.3) is 33.2 Å². The van der Waals surface area contributed by atoms with Crippen molar-refractivity contribution in [2.45, 2.75) is 26.4 Å². The highest BCUT2D eigenvalue weighted by molar-refractivity contribution is 6.31. The fraction of sp³-hybridized carbons (Fsp3) is 0.172. The summed E-state index contributed by atoms with van der Waals surface area (Å²) in [5.74, 6) is 1.42. The number of hydrogen-bond donors (Lipinski definition) is 0. The monoisotopic (exact) mass is 509 g/mol. The molecule has 0 bridgehead atoms. The van der Waals surface area contributed by atoms with Crippen LogP contribution in [0.15, 0.2) is 77.6 Å². The van der Waals surface area contributed by atoms with Crippen LogP contribution in [-0.4, -0.2) is 31.2 Å². The molecule has 0 fully saturated rings. The van der Waals surface area contributed by atoms with Crippen LogP contribution in [0.2, 0.25) is 5.02 Å². The van der Waals surface area contributed by atoms with Crippen molar-refractivity contribution < 1.29 is 4.74 Å². The molecule has 0 aliphatic heterocycles. The van der Waals surface area contributed by atoms with Crippen LogP contribution in [0.4, 0.5) is 0 Å². The minimum atomic E-state index is -0.153. The highest BCUT2D eigenvalue weighted by atomic mass is 35.5. The molecule has 3 aromatic carbocycles. The number of fused-ring (bicyclic) bond motifs is 4. The smallest absolute Gasteiger partial charge is 0.265 e. The lowest BCUT2D eigenvalue weighted by atomic mass is 10.1. The maximum Gasteiger partial charge on any atom is 0.265 e. The third-order valence-corrected chi connectivity index (χ3v) is 7.08. The molecule has 6 aromatic rings. The van der Waals surface area contributed by atoms with E-state index in [0.717, 1.165) is 34.3 Å². The highest BCUT2D eigenvalue weighted by Crippen LogP contribution is 2.26. The Bertz CT molecular complexity index is 1840. The zero-order valence-electron chi connectivity index (χ0n) is 20.5. The van der Waals surface area contributed by atoms with Gasteiger partial charge >= 0.3 is 0 Å². The molecule has 0 spiro atoms. The molecular formula is C29H24ClN5O2. The van der Waals surface area contributed by atoms with Crippen molar-refractivity contribution in [2.24, 2.45) is 0 Å². The summed E-state index contributed by atoms with van der Waals surface area (Å²) in [5, 5.41) is 1.09. The summed E-state index contributed by atoms with van der Waals surface area (Å²) in [6.07, 6.45) is 0.737. The largest absolute Gasteiger partial charge is 0.497 e. The van der Waals surface area contributed by atoms with Gasteiger partial charge in [-0.15, -0.1) is 0 Å². The van der Waals surface area contributed by atoms with Gasteiger partial charge in [0.2, 0.25) is 0 Å². The predicted molar refractivity (Wildman–Crippen MR) is 147 cm³/mol. The Morgan fingerprint density at radius 1 is 0.838 bits per heavy atom. The fourth-order valence-electron chi connectivity index (χ4n) is 4.72. The maximum atomic E-state index is 14.0. The molecule has 6 rings (SSSR count). The lowest BCUT2D eigenvalue weighted by molar-refractivity contribution is 0.414. The van der Waals surface area contributed by atoms with Crippen molar-refractivity contribution in [3.63, 3.8) is 0 Å². The first-order chi connectivity index (χ1) is 18.0. The summed E-state index contributed by atoms with van der Waals surface area (Å²) in [6, 6.07) is 23.2. The van der Waals surface area contributed by atoms with Gasteiger partial charge < -0.3 is 9.30 Å². The van der Waals surface area contributed by atoms with Crippen molar-refractivity contribution in [3.8, 4) is 5.75 Å². The van der Waals surface area contributed by atoms with E-state index in [4.69, 9.17) is 31.3 Å². The van der Waals surface area contributed by atoms with Crippen molar-refractivity contribution in [2.75, 3.05) is 7.11 Å². The summed E-state index contributed by atoms with van der Waals surface area (Å²) in [5.41, 5.74) is 5.18. The molecule has 7 nitrogen and oxygen atoms in total. The summed E-state index contributed by atoms with van der Waals surface area (Å²) in [7, 11) is 1.66. The quantitative estimate of drug-likeness (QED) is 0.294. The van der Waals surface area contributed by atoms with E-state index in [-0.39, 0.29) is 5.56 Å². The topological polar surface area (TPSA) is 74.8 Å². The number of aromatic nitrogens is 5. The molecule has 0 amide bonds. The number of halogens is 1. The summed E-state index contributed by atoms with van der Waals surface area (Å²) >= 11 is 6.41. The Hall–Kier alpha value is -4.23. The Morgan fingerprint density at radius 3 is 2.27 bits per heavy atom. The molecule has 0 N–H and O–H groups in total. The van der Waals surface area contributed by atoms with Crippen LogP contribution in [0.3, 0.4) is 0 Å². The van der Waals surface area contributed by atoms with Crippen LogP contribution in [0.5, 0.6) is 5.75 Å². The fourth-order valence-corrected chi connectivity index (χ4v) is 4.92. The number of nitrogens with zero attached hydrogens (tertiary/aromatic N) is 5. The molecule has 8 heteroatoms. The average Bonchev–Trinajstić information content (AvgIpc) is 3.21. The van der Waals surface area contributed by atoms with E-state index in [1.165, 1.54) is 0 Å². The van der Waals surface area contributed by atoms with Gasteiger partial charge in [0.05, 0.1) is 24.7 Å². The van der Waals surface area contributed by atoms with Crippen molar-refractivity contribution >= 4 is 44.8 Å². The lowest BCUT2D eigenvalue weighted by Gasteiger charge is -2.12. The van der Waals surface area contributed by atoms with Gasteiger partial charge in [-0.2, -0.15) is 0 Å². The molecule has 0 atom stereocenters. The van der Waals surface area contributed by atoms with E-state index in [2.05, 4.69) is 0 Å². The van der Waals surface area contributed by atoms with Crippen molar-refractivity contribution in [1.82, 2.24) is 24.1 Å². The van der Waals surface area contributed by atoms with Crippen LogP contribution in [-0.2, 0) is 19.5 Å². The van der Waals surface area contributed by atoms with Crippen LogP contribution >= 0.6 is 11.6 Å². The second-order valence-electron chi connectivity index (χ2n) is 8.97. The molecule has 37 heavy (non-hydrogen) atoms. The van der Waals surface area contributed by atoms with Gasteiger partial charge in [-0.3, -0.25) is 9.36 Å². The number of para-hydroxylation sites is 2. The number of benzene rings is 3. The van der Waals surface area contributed by atoms with Gasteiger partial charge in [0, 0.05) is 11.6 Å². The van der Waals surface area contributed by atoms with Gasteiger partial charge in [0.1, 0.15) is 22.5 Å². The van der Waals surface area contributed by atoms with E-state index in [0.29, 0.717) is 46.1 Å². The Morgan fingerprint density at radius 2 is 1.54 bits per heavy atom. The lowest BCUT2D eigenvalue weighted by Crippen LogP contribution is -2.25. The Kier molecular flexibility index (Phi) is 5.85. The summed E-state index contributed by atoms with van der Waals surface area (Å²) in [6.45, 7) is 2.77. The van der Waals surface area contributed by atoms with Crippen molar-refractivity contribution in [1.29, 1.82) is 0 Å². The minimum Gasteiger partial charge on any atom is -0.497 e. The van der Waals surface area contributed by atoms with Crippen LogP contribution in [0, 0.1) is 6.92 Å². The molecule has 184 valence electrons. The summed E-state index contributed by atoms with van der Waals surface area (Å²) < 4.78 is 8.96. The molecule has 0 saturated heterocycles. The molecule has 0 aliphatic carbocycles. The molecule has 0 radical (unpaired) electrons. The van der Waals surface area contributed by atoms with Crippen molar-refractivity contribution in [3.05, 3.63) is 105 Å². The van der Waals surface area contributed by atoms with Gasteiger partial charge in [0.15, 0.2) is 11.3 Å². The second kappa shape index (κ2) is 9.33. The third kappa shape index (κ3) is 4.11. The van der Waals surface area contributed by atoms with Gasteiger partial charge in [-0.05, 0) is 54.8 Å². The van der Waals surface area contributed by atoms with E-state index < -0.39 is 0 Å². The molecule has 0 unspecified atom stereocenters. The number of methoxy groups -OCH3 is 1. The number of aryl methyl sites for hydroxylation is 3. The highest BCUT2D eigenvalue weighted by Gasteiger charge is 2.21. The normalized spacial score (nSPS) is 11.5. The molecular weight excluding hydrogens is 486 g/mol. The third-order valence-electron chi connectivity index (χ3n) is 6.71. The molecule has 3 heterocycles. The zero-order valence-corrected chi connectivity index (χ0v) is 21.2. The molecule has 0 saturated carbocycles. The van der Waals surface area contributed by atoms with Gasteiger partial charge in [0.25, 0.3) is 5.56 Å². The predicted octanol–water partition coefficient (Wildman–Crippen LogP) is 5.56. The van der Waals surface area contributed by atoms with Crippen LogP contribution < -0.4 is 10.3 Å².